The zero-order valence-electron chi connectivity index (χ0n) is 22.7. The Morgan fingerprint density at radius 3 is 1.44 bits per heavy atom. The Kier molecular flexibility index (Phi) is 13.0. The van der Waals surface area contributed by atoms with Crippen molar-refractivity contribution < 1.29 is 33.4 Å². The largest absolute Gasteiger partial charge is 0.460 e. The van der Waals surface area contributed by atoms with E-state index in [0.29, 0.717) is 19.4 Å². The number of carbonyl (C=O) groups excluding carboxylic acids is 4. The van der Waals surface area contributed by atoms with E-state index in [1.807, 2.05) is 0 Å². The number of unbranched alkanes of at least 4 members (excludes halogenated alkanes) is 1. The molecule has 0 aliphatic carbocycles. The standard InChI is InChI=1S/C26H47NO7/c1-24(2,3)32-21(29)14-13-19(23(31)34-26(7,8)9)17-20(28)16-18(12-10-11-15-27)22(30)33-25(4,5)6/h18-19H,10-17,27H2,1-9H3/t18-,19+/m0/s1. The minimum atomic E-state index is -0.803. The number of rotatable bonds is 13. The molecular formula is C26H47NO7. The summed E-state index contributed by atoms with van der Waals surface area (Å²) >= 11 is 0. The second-order valence-corrected chi connectivity index (χ2v) is 11.8. The second-order valence-electron chi connectivity index (χ2n) is 11.8. The van der Waals surface area contributed by atoms with Gasteiger partial charge in [0.25, 0.3) is 0 Å². The molecule has 0 aromatic rings. The van der Waals surface area contributed by atoms with E-state index in [4.69, 9.17) is 19.9 Å². The lowest BCUT2D eigenvalue weighted by Crippen LogP contribution is -2.32. The highest BCUT2D eigenvalue weighted by atomic mass is 16.6. The minimum absolute atomic E-state index is 0.0134. The maximum absolute atomic E-state index is 13.0. The van der Waals surface area contributed by atoms with Gasteiger partial charge in [0.2, 0.25) is 0 Å². The maximum Gasteiger partial charge on any atom is 0.309 e. The average Bonchev–Trinajstić information content (AvgIpc) is 2.60. The molecule has 0 rings (SSSR count). The smallest absolute Gasteiger partial charge is 0.309 e. The molecule has 0 aromatic carbocycles. The predicted molar refractivity (Wildman–Crippen MR) is 131 cm³/mol. The van der Waals surface area contributed by atoms with Crippen LogP contribution in [0.2, 0.25) is 0 Å². The number of hydrogen-bond acceptors (Lipinski definition) is 8. The summed E-state index contributed by atoms with van der Waals surface area (Å²) in [5, 5.41) is 0. The number of ether oxygens (including phenoxy) is 3. The molecule has 8 heteroatoms. The lowest BCUT2D eigenvalue weighted by atomic mass is 9.90. The van der Waals surface area contributed by atoms with Crippen LogP contribution < -0.4 is 5.73 Å². The molecule has 0 aromatic heterocycles. The first-order valence-corrected chi connectivity index (χ1v) is 12.2. The zero-order chi connectivity index (χ0) is 26.7. The Labute approximate surface area is 205 Å². The molecule has 8 nitrogen and oxygen atoms in total. The topological polar surface area (TPSA) is 122 Å². The summed E-state index contributed by atoms with van der Waals surface area (Å²) in [6.45, 7) is 16.4. The van der Waals surface area contributed by atoms with Crippen LogP contribution in [0.5, 0.6) is 0 Å². The van der Waals surface area contributed by atoms with E-state index in [2.05, 4.69) is 0 Å². The normalized spacial score (nSPS) is 14.2. The molecule has 34 heavy (non-hydrogen) atoms. The molecule has 0 aliphatic rings. The molecule has 0 radical (unpaired) electrons. The predicted octanol–water partition coefficient (Wildman–Crippen LogP) is 4.50. The number of carbonyl (C=O) groups is 4. The SMILES string of the molecule is CC(C)(C)OC(=O)CC[C@H](CC(=O)C[C@H](CCCCN)C(=O)OC(C)(C)C)C(=O)OC(C)(C)C. The Bertz CT molecular complexity index is 681. The van der Waals surface area contributed by atoms with E-state index < -0.39 is 46.5 Å². The van der Waals surface area contributed by atoms with Crippen LogP contribution in [0.4, 0.5) is 0 Å². The molecular weight excluding hydrogens is 438 g/mol. The van der Waals surface area contributed by atoms with Crippen molar-refractivity contribution in [3.63, 3.8) is 0 Å². The molecule has 0 heterocycles. The molecule has 0 saturated carbocycles. The van der Waals surface area contributed by atoms with Gasteiger partial charge in [-0.3, -0.25) is 19.2 Å². The van der Waals surface area contributed by atoms with E-state index in [1.165, 1.54) is 0 Å². The molecule has 198 valence electrons. The molecule has 2 atom stereocenters. The van der Waals surface area contributed by atoms with Crippen LogP contribution in [-0.4, -0.2) is 47.0 Å². The van der Waals surface area contributed by atoms with Gasteiger partial charge in [-0.1, -0.05) is 6.42 Å². The molecule has 0 fully saturated rings. The lowest BCUT2D eigenvalue weighted by Gasteiger charge is -2.25. The summed E-state index contributed by atoms with van der Waals surface area (Å²) in [4.78, 5) is 50.6. The quantitative estimate of drug-likeness (QED) is 0.230. The van der Waals surface area contributed by atoms with Gasteiger partial charge in [0.15, 0.2) is 0 Å². The van der Waals surface area contributed by atoms with Gasteiger partial charge in [-0.05, 0) is 88.1 Å². The van der Waals surface area contributed by atoms with Crippen LogP contribution in [0.1, 0.15) is 107 Å². The van der Waals surface area contributed by atoms with Crippen molar-refractivity contribution in [1.29, 1.82) is 0 Å². The van der Waals surface area contributed by atoms with Crippen LogP contribution in [0.15, 0.2) is 0 Å². The molecule has 0 amide bonds. The number of hydrogen-bond donors (Lipinski definition) is 1. The summed E-state index contributed by atoms with van der Waals surface area (Å²) in [6, 6.07) is 0. The number of ketones is 1. The van der Waals surface area contributed by atoms with Crippen LogP contribution in [0, 0.1) is 11.8 Å². The third-order valence-electron chi connectivity index (χ3n) is 4.55. The molecule has 0 unspecified atom stereocenters. The van der Waals surface area contributed by atoms with Gasteiger partial charge in [0, 0.05) is 19.3 Å². The molecule has 2 N–H and O–H groups in total. The fraction of sp³-hybridized carbons (Fsp3) is 0.846. The van der Waals surface area contributed by atoms with E-state index in [-0.39, 0.29) is 31.5 Å². The highest BCUT2D eigenvalue weighted by Crippen LogP contribution is 2.24. The van der Waals surface area contributed by atoms with Gasteiger partial charge < -0.3 is 19.9 Å². The zero-order valence-corrected chi connectivity index (χ0v) is 22.7. The van der Waals surface area contributed by atoms with Gasteiger partial charge in [0.05, 0.1) is 11.8 Å². The van der Waals surface area contributed by atoms with Crippen molar-refractivity contribution in [3.8, 4) is 0 Å². The van der Waals surface area contributed by atoms with Crippen LogP contribution in [0.3, 0.4) is 0 Å². The summed E-state index contributed by atoms with van der Waals surface area (Å²) < 4.78 is 16.3. The average molecular weight is 486 g/mol. The van der Waals surface area contributed by atoms with Gasteiger partial charge in [-0.15, -0.1) is 0 Å². The van der Waals surface area contributed by atoms with Crippen molar-refractivity contribution in [2.75, 3.05) is 6.54 Å². The van der Waals surface area contributed by atoms with Crippen molar-refractivity contribution >= 4 is 23.7 Å². The van der Waals surface area contributed by atoms with Crippen molar-refractivity contribution in [1.82, 2.24) is 0 Å². The monoisotopic (exact) mass is 485 g/mol. The van der Waals surface area contributed by atoms with E-state index in [9.17, 15) is 19.2 Å². The fourth-order valence-corrected chi connectivity index (χ4v) is 3.23. The van der Waals surface area contributed by atoms with Crippen molar-refractivity contribution in [2.45, 2.75) is 124 Å². The fourth-order valence-electron chi connectivity index (χ4n) is 3.23. The maximum atomic E-state index is 13.0. The van der Waals surface area contributed by atoms with Crippen molar-refractivity contribution in [3.05, 3.63) is 0 Å². The first-order valence-electron chi connectivity index (χ1n) is 12.2. The lowest BCUT2D eigenvalue weighted by molar-refractivity contribution is -0.162. The minimum Gasteiger partial charge on any atom is -0.460 e. The summed E-state index contributed by atoms with van der Waals surface area (Å²) in [5.41, 5.74) is 3.53. The van der Waals surface area contributed by atoms with Gasteiger partial charge >= 0.3 is 17.9 Å². The van der Waals surface area contributed by atoms with E-state index >= 15 is 0 Å². The summed E-state index contributed by atoms with van der Waals surface area (Å²) in [6.07, 6.45) is 1.87. The summed E-state index contributed by atoms with van der Waals surface area (Å²) in [7, 11) is 0. The van der Waals surface area contributed by atoms with Gasteiger partial charge in [-0.2, -0.15) is 0 Å². The van der Waals surface area contributed by atoms with Gasteiger partial charge in [-0.25, -0.2) is 0 Å². The highest BCUT2D eigenvalue weighted by molar-refractivity contribution is 5.88. The van der Waals surface area contributed by atoms with Crippen LogP contribution in [-0.2, 0) is 33.4 Å². The highest BCUT2D eigenvalue weighted by Gasteiger charge is 2.32. The second kappa shape index (κ2) is 13.8. The third-order valence-corrected chi connectivity index (χ3v) is 4.55. The van der Waals surface area contributed by atoms with Gasteiger partial charge in [0.1, 0.15) is 22.6 Å². The third kappa shape index (κ3) is 16.6. The Morgan fingerprint density at radius 2 is 1.06 bits per heavy atom. The van der Waals surface area contributed by atoms with Crippen LogP contribution in [0.25, 0.3) is 0 Å². The molecule has 0 saturated heterocycles. The van der Waals surface area contributed by atoms with Crippen LogP contribution >= 0.6 is 0 Å². The Hall–Kier alpha value is -1.96. The summed E-state index contributed by atoms with van der Waals surface area (Å²) in [5.74, 6) is -3.07. The first-order chi connectivity index (χ1) is 15.3. The Morgan fingerprint density at radius 1 is 0.647 bits per heavy atom. The first kappa shape index (κ1) is 32.0. The van der Waals surface area contributed by atoms with E-state index in [0.717, 1.165) is 6.42 Å². The number of esters is 3. The van der Waals surface area contributed by atoms with E-state index in [1.54, 1.807) is 62.3 Å². The molecule has 0 spiro atoms. The number of nitrogens with two attached hydrogens (primary N) is 1. The molecule has 0 aliphatic heterocycles. The van der Waals surface area contributed by atoms with Crippen molar-refractivity contribution in [2.24, 2.45) is 17.6 Å². The Balaban J connectivity index is 5.37. The number of Topliss-reactive ketones (excluding diaryl/α,β-unsaturated/α-hetero) is 1. The molecule has 0 bridgehead atoms.